The van der Waals surface area contributed by atoms with Gasteiger partial charge in [0, 0.05) is 11.8 Å². The first-order valence-electron chi connectivity index (χ1n) is 8.30. The predicted molar refractivity (Wildman–Crippen MR) is 83.7 cm³/mol. The number of rotatable bonds is 14. The summed E-state index contributed by atoms with van der Waals surface area (Å²) in [6.45, 7) is 5.78. The largest absolute Gasteiger partial charge is 0.342 e. The number of aldehydes is 1. The quantitative estimate of drug-likeness (QED) is 0.203. The maximum Gasteiger partial charge on any atom is 0.342 e. The molecule has 0 aromatic rings. The van der Waals surface area contributed by atoms with Gasteiger partial charge in [0.05, 0.1) is 0 Å². The molecular weight excluding hydrogens is 268 g/mol. The van der Waals surface area contributed by atoms with E-state index in [2.05, 4.69) is 11.8 Å². The molecule has 0 aromatic carbocycles. The van der Waals surface area contributed by atoms with Crippen LogP contribution in [0.25, 0.3) is 0 Å². The molecule has 0 N–H and O–H groups in total. The molecule has 0 saturated heterocycles. The molecule has 0 radical (unpaired) electrons. The van der Waals surface area contributed by atoms with Crippen LogP contribution in [0.2, 0.25) is 0 Å². The Morgan fingerprint density at radius 1 is 0.952 bits per heavy atom. The van der Waals surface area contributed by atoms with Gasteiger partial charge in [-0.1, -0.05) is 72.1 Å². The zero-order chi connectivity index (χ0) is 16.0. The second kappa shape index (κ2) is 12.8. The first-order chi connectivity index (χ1) is 10.0. The van der Waals surface area contributed by atoms with E-state index in [1.165, 1.54) is 44.9 Å². The van der Waals surface area contributed by atoms with Gasteiger partial charge < -0.3 is 4.79 Å². The van der Waals surface area contributed by atoms with Crippen molar-refractivity contribution in [2.45, 2.75) is 85.0 Å². The summed E-state index contributed by atoms with van der Waals surface area (Å²) >= 11 is 0. The van der Waals surface area contributed by atoms with Gasteiger partial charge in [-0.15, -0.1) is 0 Å². The molecule has 21 heavy (non-hydrogen) atoms. The number of carbonyl (C=O) groups is 2. The smallest absolute Gasteiger partial charge is 0.303 e. The molecule has 0 bridgehead atoms. The monoisotopic (exact) mass is 300 g/mol. The number of unbranched alkanes of at least 4 members (excludes halogenated alkanes) is 8. The Morgan fingerprint density at radius 2 is 1.48 bits per heavy atom. The van der Waals surface area contributed by atoms with Gasteiger partial charge in [-0.3, -0.25) is 4.89 Å². The van der Waals surface area contributed by atoms with Gasteiger partial charge in [0.2, 0.25) is 0 Å². The third-order valence-corrected chi connectivity index (χ3v) is 3.39. The van der Waals surface area contributed by atoms with Gasteiger partial charge >= 0.3 is 5.97 Å². The summed E-state index contributed by atoms with van der Waals surface area (Å²) in [6, 6.07) is 0. The van der Waals surface area contributed by atoms with Crippen LogP contribution in [0.5, 0.6) is 0 Å². The van der Waals surface area contributed by atoms with Gasteiger partial charge in [-0.25, -0.2) is 4.79 Å². The standard InChI is InChI=1S/C17H32O4/c1-4-5-6-7-8-9-10-11-12-13-16(19)21-20-15-17(2,3)14-18/h14H,4-13,15H2,1-3H3. The average Bonchev–Trinajstić information content (AvgIpc) is 2.45. The van der Waals surface area contributed by atoms with Crippen LogP contribution in [-0.2, 0) is 19.4 Å². The lowest BCUT2D eigenvalue weighted by Crippen LogP contribution is -2.22. The lowest BCUT2D eigenvalue weighted by Gasteiger charge is -2.14. The van der Waals surface area contributed by atoms with Crippen LogP contribution in [0.15, 0.2) is 0 Å². The van der Waals surface area contributed by atoms with E-state index >= 15 is 0 Å². The molecule has 0 rings (SSSR count). The fraction of sp³-hybridized carbons (Fsp3) is 0.882. The number of carbonyl (C=O) groups excluding carboxylic acids is 2. The third kappa shape index (κ3) is 13.8. The Kier molecular flexibility index (Phi) is 12.3. The molecule has 124 valence electrons. The van der Waals surface area contributed by atoms with Crippen molar-refractivity contribution in [1.29, 1.82) is 0 Å². The summed E-state index contributed by atoms with van der Waals surface area (Å²) in [4.78, 5) is 31.5. The van der Waals surface area contributed by atoms with Gasteiger partial charge in [0.15, 0.2) is 0 Å². The minimum Gasteiger partial charge on any atom is -0.303 e. The van der Waals surface area contributed by atoms with Crippen molar-refractivity contribution in [2.24, 2.45) is 5.41 Å². The summed E-state index contributed by atoms with van der Waals surface area (Å²) < 4.78 is 0. The van der Waals surface area contributed by atoms with E-state index in [1.807, 2.05) is 0 Å². The van der Waals surface area contributed by atoms with Crippen molar-refractivity contribution in [3.63, 3.8) is 0 Å². The Bertz CT molecular complexity index is 274. The summed E-state index contributed by atoms with van der Waals surface area (Å²) in [7, 11) is 0. The highest BCUT2D eigenvalue weighted by Crippen LogP contribution is 2.12. The Hall–Kier alpha value is -0.900. The van der Waals surface area contributed by atoms with Gasteiger partial charge in [-0.2, -0.15) is 4.89 Å². The van der Waals surface area contributed by atoms with Crippen LogP contribution in [0.4, 0.5) is 0 Å². The SMILES string of the molecule is CCCCCCCCCCCC(=O)OOCC(C)(C)C=O. The zero-order valence-corrected chi connectivity index (χ0v) is 14.0. The third-order valence-electron chi connectivity index (χ3n) is 3.39. The fourth-order valence-corrected chi connectivity index (χ4v) is 1.90. The Morgan fingerprint density at radius 3 is 2.00 bits per heavy atom. The van der Waals surface area contributed by atoms with E-state index in [-0.39, 0.29) is 12.6 Å². The Labute approximate surface area is 129 Å². The van der Waals surface area contributed by atoms with Crippen molar-refractivity contribution >= 4 is 12.3 Å². The van der Waals surface area contributed by atoms with E-state index in [0.29, 0.717) is 6.42 Å². The van der Waals surface area contributed by atoms with Crippen molar-refractivity contribution in [1.82, 2.24) is 0 Å². The van der Waals surface area contributed by atoms with E-state index in [4.69, 9.17) is 4.89 Å². The van der Waals surface area contributed by atoms with Crippen LogP contribution < -0.4 is 0 Å². The van der Waals surface area contributed by atoms with Gasteiger partial charge in [-0.05, 0) is 6.42 Å². The van der Waals surface area contributed by atoms with Crippen LogP contribution in [0.1, 0.15) is 85.0 Å². The first-order valence-corrected chi connectivity index (χ1v) is 8.30. The lowest BCUT2D eigenvalue weighted by atomic mass is 9.98. The first kappa shape index (κ1) is 20.1. The molecule has 4 heteroatoms. The van der Waals surface area contributed by atoms with Crippen LogP contribution >= 0.6 is 0 Å². The van der Waals surface area contributed by atoms with E-state index < -0.39 is 5.41 Å². The minimum atomic E-state index is -0.613. The molecule has 0 saturated carbocycles. The normalized spacial score (nSPS) is 11.4. The topological polar surface area (TPSA) is 52.6 Å². The van der Waals surface area contributed by atoms with Crippen molar-refractivity contribution in [3.05, 3.63) is 0 Å². The molecular formula is C17H32O4. The number of hydrogen-bond acceptors (Lipinski definition) is 4. The summed E-state index contributed by atoms with van der Waals surface area (Å²) in [5.74, 6) is -0.348. The molecule has 0 fully saturated rings. The predicted octanol–water partition coefficient (Wildman–Crippen LogP) is 4.61. The molecule has 0 heterocycles. The second-order valence-electron chi connectivity index (χ2n) is 6.40. The Balaban J connectivity index is 3.32. The maximum atomic E-state index is 11.4. The number of hydrogen-bond donors (Lipinski definition) is 0. The second-order valence-corrected chi connectivity index (χ2v) is 6.40. The highest BCUT2D eigenvalue weighted by Gasteiger charge is 2.18. The average molecular weight is 300 g/mol. The highest BCUT2D eigenvalue weighted by molar-refractivity contribution is 5.68. The van der Waals surface area contributed by atoms with Gasteiger partial charge in [0.25, 0.3) is 0 Å². The van der Waals surface area contributed by atoms with Crippen molar-refractivity contribution in [3.8, 4) is 0 Å². The lowest BCUT2D eigenvalue weighted by molar-refractivity contribution is -0.281. The molecule has 0 aliphatic carbocycles. The zero-order valence-electron chi connectivity index (χ0n) is 14.0. The summed E-state index contributed by atoms with van der Waals surface area (Å²) in [6.07, 6.45) is 12.1. The minimum absolute atomic E-state index is 0.0972. The summed E-state index contributed by atoms with van der Waals surface area (Å²) in [5, 5.41) is 0. The van der Waals surface area contributed by atoms with Crippen LogP contribution in [-0.4, -0.2) is 18.9 Å². The molecule has 0 aromatic heterocycles. The van der Waals surface area contributed by atoms with E-state index in [9.17, 15) is 9.59 Å². The molecule has 4 nitrogen and oxygen atoms in total. The fourth-order valence-electron chi connectivity index (χ4n) is 1.90. The summed E-state index contributed by atoms with van der Waals surface area (Å²) in [5.41, 5.74) is -0.613. The van der Waals surface area contributed by atoms with E-state index in [1.54, 1.807) is 13.8 Å². The van der Waals surface area contributed by atoms with Crippen LogP contribution in [0.3, 0.4) is 0 Å². The molecule has 0 amide bonds. The molecule has 0 aliphatic rings. The maximum absolute atomic E-state index is 11.4. The molecule has 0 spiro atoms. The van der Waals surface area contributed by atoms with Crippen molar-refractivity contribution in [2.75, 3.05) is 6.61 Å². The highest BCUT2D eigenvalue weighted by atomic mass is 17.2. The van der Waals surface area contributed by atoms with Crippen molar-refractivity contribution < 1.29 is 19.4 Å². The molecule has 0 unspecified atom stereocenters. The molecule has 0 aliphatic heterocycles. The van der Waals surface area contributed by atoms with Gasteiger partial charge in [0.1, 0.15) is 12.9 Å². The van der Waals surface area contributed by atoms with E-state index in [0.717, 1.165) is 19.1 Å². The van der Waals surface area contributed by atoms with Crippen LogP contribution in [0, 0.1) is 5.41 Å². The molecule has 0 atom stereocenters.